The fourth-order valence-electron chi connectivity index (χ4n) is 2.24. The normalized spacial score (nSPS) is 21.2. The fourth-order valence-corrected chi connectivity index (χ4v) is 2.24. The molecule has 1 fully saturated rings. The average Bonchev–Trinajstić information content (AvgIpc) is 2.75. The Balaban J connectivity index is 1.74. The zero-order valence-electron chi connectivity index (χ0n) is 9.78. The number of rotatable bonds is 5. The molecule has 1 aromatic carbocycles. The molecule has 17 heavy (non-hydrogen) atoms. The Kier molecular flexibility index (Phi) is 4.45. The third kappa shape index (κ3) is 4.06. The molecule has 1 atom stereocenters. The highest BCUT2D eigenvalue weighted by Gasteiger charge is 2.22. The molecule has 0 bridgehead atoms. The van der Waals surface area contributed by atoms with E-state index in [4.69, 9.17) is 0 Å². The van der Waals surface area contributed by atoms with Crippen LogP contribution >= 0.6 is 0 Å². The quantitative estimate of drug-likeness (QED) is 0.848. The average molecular weight is 240 g/mol. The number of nitrogens with zero attached hydrogens (tertiary/aromatic N) is 1. The van der Waals surface area contributed by atoms with E-state index in [1.807, 2.05) is 18.2 Å². The van der Waals surface area contributed by atoms with E-state index in [9.17, 15) is 8.78 Å². The summed E-state index contributed by atoms with van der Waals surface area (Å²) in [5, 5.41) is 2.91. The molecule has 2 nitrogen and oxygen atoms in total. The minimum atomic E-state index is -2.25. The highest BCUT2D eigenvalue weighted by Crippen LogP contribution is 2.13. The van der Waals surface area contributed by atoms with Crippen LogP contribution in [0.25, 0.3) is 0 Å². The van der Waals surface area contributed by atoms with E-state index in [0.29, 0.717) is 0 Å². The van der Waals surface area contributed by atoms with Crippen molar-refractivity contribution >= 4 is 0 Å². The van der Waals surface area contributed by atoms with Gasteiger partial charge in [-0.2, -0.15) is 0 Å². The summed E-state index contributed by atoms with van der Waals surface area (Å²) in [4.78, 5) is 2.30. The molecule has 0 saturated carbocycles. The zero-order chi connectivity index (χ0) is 12.1. The second-order valence-electron chi connectivity index (χ2n) is 4.51. The SMILES string of the molecule is FC(F)CNC1CCN(Cc2ccccc2)C1. The van der Waals surface area contributed by atoms with Crippen molar-refractivity contribution in [1.82, 2.24) is 10.2 Å². The van der Waals surface area contributed by atoms with E-state index in [1.165, 1.54) is 5.56 Å². The minimum Gasteiger partial charge on any atom is -0.307 e. The lowest BCUT2D eigenvalue weighted by molar-refractivity contribution is 0.141. The topological polar surface area (TPSA) is 15.3 Å². The van der Waals surface area contributed by atoms with E-state index in [2.05, 4.69) is 22.3 Å². The predicted octanol–water partition coefficient (Wildman–Crippen LogP) is 2.12. The molecule has 1 N–H and O–H groups in total. The molecule has 1 saturated heterocycles. The van der Waals surface area contributed by atoms with Crippen LogP contribution in [0.1, 0.15) is 12.0 Å². The molecule has 0 spiro atoms. The van der Waals surface area contributed by atoms with Gasteiger partial charge in [-0.25, -0.2) is 8.78 Å². The van der Waals surface area contributed by atoms with Gasteiger partial charge in [-0.1, -0.05) is 30.3 Å². The Morgan fingerprint density at radius 2 is 2.06 bits per heavy atom. The van der Waals surface area contributed by atoms with Crippen LogP contribution in [0.5, 0.6) is 0 Å². The molecule has 0 radical (unpaired) electrons. The van der Waals surface area contributed by atoms with Crippen molar-refractivity contribution in [2.75, 3.05) is 19.6 Å². The zero-order valence-corrected chi connectivity index (χ0v) is 9.78. The van der Waals surface area contributed by atoms with Crippen molar-refractivity contribution in [2.24, 2.45) is 0 Å². The van der Waals surface area contributed by atoms with Crippen molar-refractivity contribution in [3.63, 3.8) is 0 Å². The molecule has 2 rings (SSSR count). The van der Waals surface area contributed by atoms with Crippen LogP contribution in [0.4, 0.5) is 8.78 Å². The van der Waals surface area contributed by atoms with Gasteiger partial charge in [-0.15, -0.1) is 0 Å². The van der Waals surface area contributed by atoms with Gasteiger partial charge >= 0.3 is 0 Å². The van der Waals surface area contributed by atoms with Gasteiger partial charge in [0.15, 0.2) is 0 Å². The number of alkyl halides is 2. The second-order valence-corrected chi connectivity index (χ2v) is 4.51. The predicted molar refractivity (Wildman–Crippen MR) is 64.1 cm³/mol. The monoisotopic (exact) mass is 240 g/mol. The summed E-state index contributed by atoms with van der Waals surface area (Å²) in [6, 6.07) is 10.5. The molecular formula is C13H18F2N2. The lowest BCUT2D eigenvalue weighted by Gasteiger charge is -2.16. The first-order valence-corrected chi connectivity index (χ1v) is 6.02. The smallest absolute Gasteiger partial charge is 0.250 e. The molecule has 0 aromatic heterocycles. The van der Waals surface area contributed by atoms with Gasteiger partial charge in [0.25, 0.3) is 6.43 Å². The minimum absolute atomic E-state index is 0.191. The van der Waals surface area contributed by atoms with Gasteiger partial charge in [-0.05, 0) is 12.0 Å². The third-order valence-corrected chi connectivity index (χ3v) is 3.08. The van der Waals surface area contributed by atoms with Crippen molar-refractivity contribution in [2.45, 2.75) is 25.4 Å². The number of halogens is 2. The van der Waals surface area contributed by atoms with Crippen LogP contribution in [-0.2, 0) is 6.54 Å². The Morgan fingerprint density at radius 1 is 1.29 bits per heavy atom. The summed E-state index contributed by atoms with van der Waals surface area (Å²) in [6.07, 6.45) is -1.29. The van der Waals surface area contributed by atoms with Crippen LogP contribution < -0.4 is 5.32 Å². The van der Waals surface area contributed by atoms with Gasteiger partial charge in [-0.3, -0.25) is 4.90 Å². The molecule has 1 heterocycles. The molecule has 1 aliphatic heterocycles. The first-order valence-electron chi connectivity index (χ1n) is 6.02. The summed E-state index contributed by atoms with van der Waals surface area (Å²) < 4.78 is 24.1. The summed E-state index contributed by atoms with van der Waals surface area (Å²) in [6.45, 7) is 2.56. The van der Waals surface area contributed by atoms with Gasteiger partial charge in [0.05, 0.1) is 6.54 Å². The molecule has 1 unspecified atom stereocenters. The Bertz CT molecular complexity index is 329. The summed E-state index contributed by atoms with van der Waals surface area (Å²) in [7, 11) is 0. The first kappa shape index (κ1) is 12.5. The van der Waals surface area contributed by atoms with Crippen LogP contribution in [0, 0.1) is 0 Å². The highest BCUT2D eigenvalue weighted by molar-refractivity contribution is 5.14. The summed E-state index contributed by atoms with van der Waals surface area (Å²) in [5.74, 6) is 0. The van der Waals surface area contributed by atoms with Crippen molar-refractivity contribution in [1.29, 1.82) is 0 Å². The Morgan fingerprint density at radius 3 is 2.76 bits per heavy atom. The van der Waals surface area contributed by atoms with E-state index in [-0.39, 0.29) is 12.6 Å². The number of likely N-dealkylation sites (tertiary alicyclic amines) is 1. The molecule has 0 aliphatic carbocycles. The lowest BCUT2D eigenvalue weighted by Crippen LogP contribution is -2.35. The third-order valence-electron chi connectivity index (χ3n) is 3.08. The van der Waals surface area contributed by atoms with Gasteiger partial charge < -0.3 is 5.32 Å². The summed E-state index contributed by atoms with van der Waals surface area (Å²) in [5.41, 5.74) is 1.28. The van der Waals surface area contributed by atoms with Crippen molar-refractivity contribution in [3.8, 4) is 0 Å². The van der Waals surface area contributed by atoms with Crippen molar-refractivity contribution < 1.29 is 8.78 Å². The maximum atomic E-state index is 12.1. The number of hydrogen-bond acceptors (Lipinski definition) is 2. The largest absolute Gasteiger partial charge is 0.307 e. The molecule has 0 amide bonds. The first-order chi connectivity index (χ1) is 8.24. The maximum Gasteiger partial charge on any atom is 0.250 e. The molecule has 4 heteroatoms. The van der Waals surface area contributed by atoms with Crippen LogP contribution in [0.2, 0.25) is 0 Å². The molecule has 1 aromatic rings. The fraction of sp³-hybridized carbons (Fsp3) is 0.538. The van der Waals surface area contributed by atoms with Crippen LogP contribution in [-0.4, -0.2) is 37.0 Å². The molecular weight excluding hydrogens is 222 g/mol. The van der Waals surface area contributed by atoms with Crippen molar-refractivity contribution in [3.05, 3.63) is 35.9 Å². The van der Waals surface area contributed by atoms with Crippen LogP contribution in [0.15, 0.2) is 30.3 Å². The lowest BCUT2D eigenvalue weighted by atomic mass is 10.2. The van der Waals surface area contributed by atoms with E-state index in [0.717, 1.165) is 26.1 Å². The van der Waals surface area contributed by atoms with E-state index in [1.54, 1.807) is 0 Å². The van der Waals surface area contributed by atoms with E-state index < -0.39 is 6.43 Å². The molecule has 94 valence electrons. The number of nitrogens with one attached hydrogen (secondary N) is 1. The molecule has 1 aliphatic rings. The van der Waals surface area contributed by atoms with E-state index >= 15 is 0 Å². The highest BCUT2D eigenvalue weighted by atomic mass is 19.3. The standard InChI is InChI=1S/C13H18F2N2/c14-13(15)8-16-12-6-7-17(10-12)9-11-4-2-1-3-5-11/h1-5,12-13,16H,6-10H2. The van der Waals surface area contributed by atoms with Gasteiger partial charge in [0.2, 0.25) is 0 Å². The Labute approximate surface area is 101 Å². The van der Waals surface area contributed by atoms with Crippen LogP contribution in [0.3, 0.4) is 0 Å². The number of hydrogen-bond donors (Lipinski definition) is 1. The second kappa shape index (κ2) is 6.07. The van der Waals surface area contributed by atoms with Gasteiger partial charge in [0.1, 0.15) is 0 Å². The Hall–Kier alpha value is -1.00. The summed E-state index contributed by atoms with van der Waals surface area (Å²) >= 11 is 0. The number of benzene rings is 1. The van der Waals surface area contributed by atoms with Gasteiger partial charge in [0, 0.05) is 25.7 Å². The maximum absolute atomic E-state index is 12.1.